The lowest BCUT2D eigenvalue weighted by molar-refractivity contribution is 1.10. The first-order valence-electron chi connectivity index (χ1n) is 11.3. The summed E-state index contributed by atoms with van der Waals surface area (Å²) in [7, 11) is 0. The minimum atomic E-state index is 0.645. The van der Waals surface area contributed by atoms with Crippen molar-refractivity contribution >= 4 is 39.1 Å². The fourth-order valence-corrected chi connectivity index (χ4v) is 4.82. The van der Waals surface area contributed by atoms with Gasteiger partial charge in [0.05, 0.1) is 33.5 Å². The molecule has 0 radical (unpaired) electrons. The monoisotopic (exact) mass is 478 g/mol. The summed E-state index contributed by atoms with van der Waals surface area (Å²) in [6.45, 7) is 8.16. The Kier molecular flexibility index (Phi) is 5.11. The molecule has 0 aliphatic rings. The quantitative estimate of drug-likeness (QED) is 0.258. The van der Waals surface area contributed by atoms with Crippen LogP contribution in [-0.2, 0) is 0 Å². The van der Waals surface area contributed by atoms with E-state index in [1.54, 1.807) is 29.9 Å². The van der Waals surface area contributed by atoms with E-state index in [0.29, 0.717) is 11.5 Å². The number of hydrogen-bond acceptors (Lipinski definition) is 7. The number of hydrogen-bond donors (Lipinski definition) is 3. The van der Waals surface area contributed by atoms with Crippen molar-refractivity contribution in [2.75, 3.05) is 5.32 Å². The van der Waals surface area contributed by atoms with Crippen LogP contribution in [0.3, 0.4) is 0 Å². The van der Waals surface area contributed by atoms with Crippen LogP contribution >= 0.6 is 11.3 Å². The predicted molar refractivity (Wildman–Crippen MR) is 141 cm³/mol. The summed E-state index contributed by atoms with van der Waals surface area (Å²) >= 11 is 1.70. The summed E-state index contributed by atoms with van der Waals surface area (Å²) in [4.78, 5) is 24.5. The molecule has 6 heterocycles. The van der Waals surface area contributed by atoms with Crippen molar-refractivity contribution in [3.8, 4) is 33.3 Å². The molecule has 0 fully saturated rings. The molecule has 9 heteroatoms. The lowest BCUT2D eigenvalue weighted by Gasteiger charge is -2.08. The molecule has 0 atom stereocenters. The summed E-state index contributed by atoms with van der Waals surface area (Å²) < 4.78 is 0. The molecule has 6 aromatic heterocycles. The lowest BCUT2D eigenvalue weighted by atomic mass is 10.1. The Morgan fingerprint density at radius 3 is 2.74 bits per heavy atom. The molecular weight excluding hydrogens is 456 g/mol. The van der Waals surface area contributed by atoms with Crippen LogP contribution in [0, 0.1) is 6.92 Å². The molecular formula is C26H22N8S. The summed E-state index contributed by atoms with van der Waals surface area (Å²) in [5.41, 5.74) is 8.32. The average molecular weight is 479 g/mol. The van der Waals surface area contributed by atoms with Gasteiger partial charge in [-0.05, 0) is 49.7 Å². The van der Waals surface area contributed by atoms with Crippen LogP contribution in [0.4, 0.5) is 5.69 Å². The van der Waals surface area contributed by atoms with Crippen molar-refractivity contribution in [1.29, 1.82) is 0 Å². The molecule has 0 spiro atoms. The number of anilines is 1. The van der Waals surface area contributed by atoms with E-state index in [0.717, 1.165) is 61.7 Å². The van der Waals surface area contributed by atoms with Crippen LogP contribution in [0.1, 0.15) is 18.2 Å². The van der Waals surface area contributed by atoms with Crippen LogP contribution in [0.5, 0.6) is 0 Å². The van der Waals surface area contributed by atoms with Crippen LogP contribution in [0.25, 0.3) is 55.4 Å². The average Bonchev–Trinajstić information content (AvgIpc) is 3.61. The molecule has 8 nitrogen and oxygen atoms in total. The van der Waals surface area contributed by atoms with E-state index in [2.05, 4.69) is 63.0 Å². The van der Waals surface area contributed by atoms with Crippen molar-refractivity contribution in [3.63, 3.8) is 0 Å². The Bertz CT molecular complexity index is 1710. The number of nitrogens with zero attached hydrogens (tertiary/aromatic N) is 5. The van der Waals surface area contributed by atoms with Gasteiger partial charge in [-0.2, -0.15) is 5.10 Å². The number of thiophene rings is 1. The van der Waals surface area contributed by atoms with E-state index in [1.165, 1.54) is 4.88 Å². The summed E-state index contributed by atoms with van der Waals surface area (Å²) in [5, 5.41) is 10.9. The van der Waals surface area contributed by atoms with Gasteiger partial charge in [-0.25, -0.2) is 9.97 Å². The van der Waals surface area contributed by atoms with Gasteiger partial charge in [0.15, 0.2) is 11.5 Å². The maximum atomic E-state index is 4.92. The van der Waals surface area contributed by atoms with Crippen molar-refractivity contribution in [2.45, 2.75) is 20.3 Å². The van der Waals surface area contributed by atoms with Crippen LogP contribution in [0.2, 0.25) is 0 Å². The molecule has 172 valence electrons. The summed E-state index contributed by atoms with van der Waals surface area (Å²) in [5.74, 6) is 0.645. The molecule has 3 N–H and O–H groups in total. The highest BCUT2D eigenvalue weighted by Gasteiger charge is 2.18. The number of pyridine rings is 3. The Morgan fingerprint density at radius 1 is 1.03 bits per heavy atom. The minimum Gasteiger partial charge on any atom is -0.358 e. The Hall–Kier alpha value is -4.37. The van der Waals surface area contributed by atoms with Crippen molar-refractivity contribution < 1.29 is 0 Å². The molecule has 0 aliphatic carbocycles. The molecule has 0 bridgehead atoms. The molecule has 0 saturated carbocycles. The fourth-order valence-electron chi connectivity index (χ4n) is 3.96. The number of rotatable bonds is 6. The van der Waals surface area contributed by atoms with E-state index in [4.69, 9.17) is 9.97 Å². The number of nitrogens with one attached hydrogen (secondary N) is 3. The Labute approximate surface area is 205 Å². The third kappa shape index (κ3) is 3.85. The highest BCUT2D eigenvalue weighted by Crippen LogP contribution is 2.33. The first-order valence-corrected chi connectivity index (χ1v) is 12.1. The molecule has 0 aromatic carbocycles. The van der Waals surface area contributed by atoms with Crippen LogP contribution < -0.4 is 5.32 Å². The van der Waals surface area contributed by atoms with E-state index in [9.17, 15) is 0 Å². The predicted octanol–water partition coefficient (Wildman–Crippen LogP) is 6.33. The largest absolute Gasteiger partial charge is 0.358 e. The Morgan fingerprint density at radius 2 is 1.91 bits per heavy atom. The zero-order valence-corrected chi connectivity index (χ0v) is 20.1. The molecule has 0 amide bonds. The normalized spacial score (nSPS) is 11.4. The summed E-state index contributed by atoms with van der Waals surface area (Å²) in [6, 6.07) is 12.1. The van der Waals surface area contributed by atoms with Gasteiger partial charge in [0, 0.05) is 28.5 Å². The second-order valence-electron chi connectivity index (χ2n) is 8.26. The third-order valence-corrected chi connectivity index (χ3v) is 6.80. The number of aromatic amines is 2. The Balaban J connectivity index is 1.43. The van der Waals surface area contributed by atoms with Gasteiger partial charge in [-0.3, -0.25) is 15.1 Å². The number of H-pyrrole nitrogens is 2. The first kappa shape index (κ1) is 21.2. The van der Waals surface area contributed by atoms with Gasteiger partial charge >= 0.3 is 0 Å². The van der Waals surface area contributed by atoms with Gasteiger partial charge in [-0.15, -0.1) is 11.3 Å². The summed E-state index contributed by atoms with van der Waals surface area (Å²) in [6.07, 6.45) is 6.22. The number of aromatic nitrogens is 7. The van der Waals surface area contributed by atoms with E-state index < -0.39 is 0 Å². The lowest BCUT2D eigenvalue weighted by Crippen LogP contribution is -1.97. The van der Waals surface area contributed by atoms with Crippen molar-refractivity contribution in [1.82, 2.24) is 35.1 Å². The smallest absolute Gasteiger partial charge is 0.161 e. The fraction of sp³-hybridized carbons (Fsp3) is 0.115. The molecule has 6 aromatic rings. The second-order valence-corrected chi connectivity index (χ2v) is 9.55. The standard InChI is InChI=1S/C26H22N8S/c1-4-14(2)29-17-11-16(12-27-13-17)18-6-7-20-23(30-18)25(34-33-20)26-31-19-9-10-28-24(22(19)32-26)21-8-5-15(3)35-21/h5-13,29H,2,4H2,1,3H3,(H,31,32)(H,33,34). The second kappa shape index (κ2) is 8.44. The van der Waals surface area contributed by atoms with Gasteiger partial charge in [-0.1, -0.05) is 13.5 Å². The third-order valence-electron chi connectivity index (χ3n) is 5.79. The number of fused-ring (bicyclic) bond motifs is 2. The van der Waals surface area contributed by atoms with Gasteiger partial charge < -0.3 is 10.3 Å². The minimum absolute atomic E-state index is 0.645. The molecule has 6 rings (SSSR count). The van der Waals surface area contributed by atoms with Gasteiger partial charge in [0.1, 0.15) is 16.7 Å². The molecule has 35 heavy (non-hydrogen) atoms. The SMILES string of the molecule is C=C(CC)Nc1cncc(-c2ccc3[nH]nc(-c4nc5c(-c6ccc(C)s6)nccc5[nH]4)c3n2)c1. The van der Waals surface area contributed by atoms with Crippen molar-refractivity contribution in [2.24, 2.45) is 0 Å². The number of aryl methyl sites for hydroxylation is 1. The zero-order chi connectivity index (χ0) is 23.9. The van der Waals surface area contributed by atoms with Gasteiger partial charge in [0.2, 0.25) is 0 Å². The number of imidazole rings is 1. The maximum Gasteiger partial charge on any atom is 0.161 e. The molecule has 0 saturated heterocycles. The van der Waals surface area contributed by atoms with Crippen LogP contribution in [-0.4, -0.2) is 35.1 Å². The zero-order valence-electron chi connectivity index (χ0n) is 19.3. The molecule has 0 unspecified atom stereocenters. The van der Waals surface area contributed by atoms with Crippen LogP contribution in [0.15, 0.2) is 67.3 Å². The number of allylic oxidation sites excluding steroid dienone is 1. The topological polar surface area (TPSA) is 108 Å². The van der Waals surface area contributed by atoms with E-state index >= 15 is 0 Å². The molecule has 0 aliphatic heterocycles. The van der Waals surface area contributed by atoms with E-state index in [-0.39, 0.29) is 0 Å². The van der Waals surface area contributed by atoms with Crippen molar-refractivity contribution in [3.05, 3.63) is 72.1 Å². The first-order chi connectivity index (χ1) is 17.1. The van der Waals surface area contributed by atoms with Gasteiger partial charge in [0.25, 0.3) is 0 Å². The highest BCUT2D eigenvalue weighted by molar-refractivity contribution is 7.15. The maximum absolute atomic E-state index is 4.92. The van der Waals surface area contributed by atoms with E-state index in [1.807, 2.05) is 24.3 Å². The highest BCUT2D eigenvalue weighted by atomic mass is 32.1.